The Balaban J connectivity index is 1.65. The fraction of sp³-hybridized carbons (Fsp3) is 0.421. The zero-order valence-electron chi connectivity index (χ0n) is 14.9. The number of rotatable bonds is 4. The van der Waals surface area contributed by atoms with Crippen LogP contribution in [0.2, 0.25) is 0 Å². The predicted molar refractivity (Wildman–Crippen MR) is 106 cm³/mol. The topological polar surface area (TPSA) is 77.0 Å². The van der Waals surface area contributed by atoms with Gasteiger partial charge in [-0.3, -0.25) is 14.5 Å². The van der Waals surface area contributed by atoms with Crippen molar-refractivity contribution in [2.24, 2.45) is 7.05 Å². The molecule has 0 amide bonds. The van der Waals surface area contributed by atoms with E-state index in [1.54, 1.807) is 6.20 Å². The lowest BCUT2D eigenvalue weighted by Gasteiger charge is -2.24. The number of aryl methyl sites for hydroxylation is 1. The molecule has 6 nitrogen and oxygen atoms in total. The van der Waals surface area contributed by atoms with Crippen LogP contribution in [-0.2, 0) is 13.5 Å². The summed E-state index contributed by atoms with van der Waals surface area (Å²) in [6.45, 7) is 2.04. The van der Waals surface area contributed by atoms with E-state index in [0.29, 0.717) is 22.5 Å². The highest BCUT2D eigenvalue weighted by Crippen LogP contribution is 2.33. The molecule has 0 radical (unpaired) electrons. The number of carbonyl (C=O) groups excluding carboxylic acids is 1. The normalized spacial score (nSPS) is 15.3. The molecule has 0 aromatic carbocycles. The van der Waals surface area contributed by atoms with E-state index in [9.17, 15) is 4.79 Å². The Morgan fingerprint density at radius 2 is 2.04 bits per heavy atom. The minimum absolute atomic E-state index is 0.0107. The van der Waals surface area contributed by atoms with Crippen LogP contribution in [0.1, 0.15) is 41.6 Å². The Morgan fingerprint density at radius 3 is 2.81 bits per heavy atom. The van der Waals surface area contributed by atoms with Gasteiger partial charge in [0, 0.05) is 38.3 Å². The summed E-state index contributed by atoms with van der Waals surface area (Å²) in [5.41, 5.74) is 8.37. The number of aromatic nitrogens is 3. The summed E-state index contributed by atoms with van der Waals surface area (Å²) >= 11 is 1.42. The number of pyridine rings is 1. The number of nitrogens with zero attached hydrogens (tertiary/aromatic N) is 4. The summed E-state index contributed by atoms with van der Waals surface area (Å²) in [6.07, 6.45) is 8.73. The highest BCUT2D eigenvalue weighted by atomic mass is 32.1. The summed E-state index contributed by atoms with van der Waals surface area (Å²) in [4.78, 5) is 19.8. The predicted octanol–water partition coefficient (Wildman–Crippen LogP) is 3.42. The first-order valence-electron chi connectivity index (χ1n) is 9.07. The second-order valence-corrected chi connectivity index (χ2v) is 7.89. The molecular weight excluding hydrogens is 346 g/mol. The molecule has 0 saturated carbocycles. The molecule has 3 aromatic rings. The maximum Gasteiger partial charge on any atom is 0.172 e. The van der Waals surface area contributed by atoms with Crippen LogP contribution in [0.4, 0.5) is 10.8 Å². The van der Waals surface area contributed by atoms with Gasteiger partial charge in [0.1, 0.15) is 5.82 Å². The second kappa shape index (κ2) is 7.07. The van der Waals surface area contributed by atoms with Crippen LogP contribution in [0, 0.1) is 0 Å². The molecule has 0 unspecified atom stereocenters. The summed E-state index contributed by atoms with van der Waals surface area (Å²) in [6, 6.07) is 3.82. The Hall–Kier alpha value is -2.41. The zero-order chi connectivity index (χ0) is 18.1. The van der Waals surface area contributed by atoms with Crippen LogP contribution in [0.3, 0.4) is 0 Å². The van der Waals surface area contributed by atoms with E-state index in [1.807, 2.05) is 30.1 Å². The lowest BCUT2D eigenvalue weighted by molar-refractivity contribution is 0.0995. The molecule has 4 heterocycles. The Morgan fingerprint density at radius 1 is 1.27 bits per heavy atom. The van der Waals surface area contributed by atoms with Gasteiger partial charge in [-0.15, -0.1) is 11.3 Å². The molecule has 7 heteroatoms. The van der Waals surface area contributed by atoms with E-state index in [1.165, 1.54) is 37.0 Å². The van der Waals surface area contributed by atoms with Crippen LogP contribution in [-0.4, -0.2) is 33.6 Å². The molecular formula is C19H23N5OS. The number of hydrogen-bond acceptors (Lipinski definition) is 6. The number of Topliss-reactive ketones (excluding diaryl/α,β-unsaturated/α-hetero) is 1. The van der Waals surface area contributed by atoms with Crippen LogP contribution in [0.5, 0.6) is 0 Å². The van der Waals surface area contributed by atoms with Gasteiger partial charge >= 0.3 is 0 Å². The molecule has 2 N–H and O–H groups in total. The van der Waals surface area contributed by atoms with Crippen molar-refractivity contribution in [3.8, 4) is 0 Å². The molecule has 0 bridgehead atoms. The van der Waals surface area contributed by atoms with E-state index in [0.717, 1.165) is 29.2 Å². The molecule has 136 valence electrons. The summed E-state index contributed by atoms with van der Waals surface area (Å²) in [5.74, 6) is 1.07. The molecule has 1 aliphatic heterocycles. The first-order chi connectivity index (χ1) is 12.6. The maximum atomic E-state index is 13.1. The Kier molecular flexibility index (Phi) is 4.63. The average molecular weight is 369 g/mol. The van der Waals surface area contributed by atoms with Crippen molar-refractivity contribution in [1.29, 1.82) is 0 Å². The van der Waals surface area contributed by atoms with Gasteiger partial charge < -0.3 is 10.6 Å². The highest BCUT2D eigenvalue weighted by molar-refractivity contribution is 7.23. The highest BCUT2D eigenvalue weighted by Gasteiger charge is 2.23. The van der Waals surface area contributed by atoms with Crippen LogP contribution in [0.15, 0.2) is 24.5 Å². The second-order valence-electron chi connectivity index (χ2n) is 6.81. The monoisotopic (exact) mass is 369 g/mol. The number of thiophene rings is 1. The molecule has 26 heavy (non-hydrogen) atoms. The van der Waals surface area contributed by atoms with Crippen molar-refractivity contribution >= 4 is 38.2 Å². The Bertz CT molecular complexity index is 937. The number of carbonyl (C=O) groups is 1. The van der Waals surface area contributed by atoms with Gasteiger partial charge in [-0.1, -0.05) is 12.8 Å². The van der Waals surface area contributed by atoms with Crippen LogP contribution in [0.25, 0.3) is 10.2 Å². The van der Waals surface area contributed by atoms with Crippen molar-refractivity contribution < 1.29 is 4.79 Å². The van der Waals surface area contributed by atoms with Crippen molar-refractivity contribution in [3.63, 3.8) is 0 Å². The number of hydrogen-bond donors (Lipinski definition) is 1. The fourth-order valence-corrected chi connectivity index (χ4v) is 4.72. The standard InChI is InChI=1S/C19H23N5OS/c1-23-19(24-9-4-2-3-5-10-24)13(12-22-23)11-14(25)16-17-15(26-18(16)20)7-6-8-21-17/h6-8,12H,2-5,9-11,20H2,1H3. The van der Waals surface area contributed by atoms with Gasteiger partial charge in [0.25, 0.3) is 0 Å². The third-order valence-corrected chi connectivity index (χ3v) is 5.96. The third kappa shape index (κ3) is 3.07. The first kappa shape index (κ1) is 17.0. The zero-order valence-corrected chi connectivity index (χ0v) is 15.8. The van der Waals surface area contributed by atoms with Crippen LogP contribution >= 0.6 is 11.3 Å². The van der Waals surface area contributed by atoms with E-state index in [2.05, 4.69) is 15.0 Å². The number of fused-ring (bicyclic) bond motifs is 1. The lowest BCUT2D eigenvalue weighted by Crippen LogP contribution is -2.27. The number of ketones is 1. The van der Waals surface area contributed by atoms with Gasteiger partial charge in [0.2, 0.25) is 0 Å². The molecule has 0 spiro atoms. The number of anilines is 2. The molecule has 1 fully saturated rings. The molecule has 0 atom stereocenters. The molecule has 1 aliphatic rings. The van der Waals surface area contributed by atoms with Crippen molar-refractivity contribution in [3.05, 3.63) is 35.7 Å². The molecule has 4 rings (SSSR count). The van der Waals surface area contributed by atoms with Gasteiger partial charge in [-0.2, -0.15) is 5.10 Å². The largest absolute Gasteiger partial charge is 0.390 e. The van der Waals surface area contributed by atoms with Crippen molar-refractivity contribution in [2.45, 2.75) is 32.1 Å². The van der Waals surface area contributed by atoms with E-state index < -0.39 is 0 Å². The quantitative estimate of drug-likeness (QED) is 0.713. The van der Waals surface area contributed by atoms with Gasteiger partial charge in [0.15, 0.2) is 5.78 Å². The van der Waals surface area contributed by atoms with E-state index in [-0.39, 0.29) is 5.78 Å². The lowest BCUT2D eigenvalue weighted by atomic mass is 10.1. The Labute approximate surface area is 156 Å². The van der Waals surface area contributed by atoms with E-state index >= 15 is 0 Å². The summed E-state index contributed by atoms with van der Waals surface area (Å²) in [5, 5.41) is 4.97. The third-order valence-electron chi connectivity index (χ3n) is 4.99. The smallest absolute Gasteiger partial charge is 0.172 e. The van der Waals surface area contributed by atoms with Gasteiger partial charge in [-0.25, -0.2) is 0 Å². The number of nitrogen functional groups attached to an aromatic ring is 1. The summed E-state index contributed by atoms with van der Waals surface area (Å²) in [7, 11) is 1.95. The fourth-order valence-electron chi connectivity index (χ4n) is 3.77. The van der Waals surface area contributed by atoms with Crippen LogP contribution < -0.4 is 10.6 Å². The minimum Gasteiger partial charge on any atom is -0.390 e. The van der Waals surface area contributed by atoms with Crippen molar-refractivity contribution in [2.75, 3.05) is 23.7 Å². The van der Waals surface area contributed by atoms with Crippen molar-refractivity contribution in [1.82, 2.24) is 14.8 Å². The average Bonchev–Trinajstić information content (AvgIpc) is 3.01. The maximum absolute atomic E-state index is 13.1. The molecule has 1 saturated heterocycles. The number of nitrogens with two attached hydrogens (primary N) is 1. The first-order valence-corrected chi connectivity index (χ1v) is 9.89. The van der Waals surface area contributed by atoms with Gasteiger partial charge in [-0.05, 0) is 25.0 Å². The molecule has 0 aliphatic carbocycles. The van der Waals surface area contributed by atoms with Gasteiger partial charge in [0.05, 0.1) is 27.0 Å². The molecule has 3 aromatic heterocycles. The SMILES string of the molecule is Cn1ncc(CC(=O)c2c(N)sc3cccnc23)c1N1CCCCCC1. The van der Waals surface area contributed by atoms with E-state index in [4.69, 9.17) is 5.73 Å². The summed E-state index contributed by atoms with van der Waals surface area (Å²) < 4.78 is 2.84. The minimum atomic E-state index is 0.0107.